The van der Waals surface area contributed by atoms with Gasteiger partial charge < -0.3 is 0 Å². The Morgan fingerprint density at radius 3 is 2.00 bits per heavy atom. The molecule has 0 N–H and O–H groups in total. The molecule has 0 amide bonds. The average molecular weight is 416 g/mol. The third-order valence-corrected chi connectivity index (χ3v) is 8.52. The van der Waals surface area contributed by atoms with Crippen molar-refractivity contribution >= 4 is 10.0 Å². The van der Waals surface area contributed by atoms with E-state index in [1.54, 1.807) is 18.3 Å². The highest BCUT2D eigenvalue weighted by Crippen LogP contribution is 2.68. The number of hydrogen-bond acceptors (Lipinski definition) is 2. The zero-order valence-corrected chi connectivity index (χ0v) is 18.1. The number of hydrogen-bond donors (Lipinski definition) is 0. The molecule has 0 aromatic heterocycles. The maximum absolute atomic E-state index is 13.4. The number of sulfonamides is 1. The number of fused-ring (bicyclic) bond motifs is 1. The van der Waals surface area contributed by atoms with Gasteiger partial charge in [0.05, 0.1) is 4.90 Å². The highest BCUT2D eigenvalue weighted by atomic mass is 32.2. The van der Waals surface area contributed by atoms with Crippen molar-refractivity contribution in [3.8, 4) is 0 Å². The molecule has 3 aromatic rings. The van der Waals surface area contributed by atoms with Gasteiger partial charge in [0.25, 0.3) is 10.0 Å². The van der Waals surface area contributed by atoms with E-state index in [-0.39, 0.29) is 10.8 Å². The summed E-state index contributed by atoms with van der Waals surface area (Å²) in [5, 5.41) is 0. The molecule has 152 valence electrons. The fourth-order valence-corrected chi connectivity index (χ4v) is 6.28. The summed E-state index contributed by atoms with van der Waals surface area (Å²) in [6, 6.07) is 26.1. The molecule has 30 heavy (non-hydrogen) atoms. The van der Waals surface area contributed by atoms with E-state index in [1.165, 1.54) is 21.0 Å². The summed E-state index contributed by atoms with van der Waals surface area (Å²) in [6.07, 6.45) is 4.79. The van der Waals surface area contributed by atoms with Gasteiger partial charge in [0.2, 0.25) is 0 Å². The van der Waals surface area contributed by atoms with Crippen LogP contribution in [0, 0.1) is 13.8 Å². The summed E-state index contributed by atoms with van der Waals surface area (Å²) >= 11 is 0. The van der Waals surface area contributed by atoms with Gasteiger partial charge in [-0.25, -0.2) is 8.42 Å². The molecule has 2 unspecified atom stereocenters. The molecule has 0 saturated heterocycles. The van der Waals surface area contributed by atoms with Gasteiger partial charge in [-0.15, -0.1) is 0 Å². The molecule has 0 spiro atoms. The molecular formula is C26H25NO2S. The van der Waals surface area contributed by atoms with E-state index in [9.17, 15) is 8.42 Å². The Hall–Kier alpha value is -2.85. The summed E-state index contributed by atoms with van der Waals surface area (Å²) in [7, 11) is -3.60. The Kier molecular flexibility index (Phi) is 4.19. The summed E-state index contributed by atoms with van der Waals surface area (Å²) in [6.45, 7) is 4.48. The van der Waals surface area contributed by atoms with Crippen LogP contribution >= 0.6 is 0 Å². The monoisotopic (exact) mass is 415 g/mol. The van der Waals surface area contributed by atoms with Gasteiger partial charge in [0.1, 0.15) is 0 Å². The molecule has 1 saturated carbocycles. The predicted octanol–water partition coefficient (Wildman–Crippen LogP) is 5.10. The van der Waals surface area contributed by atoms with Crippen LogP contribution in [0.5, 0.6) is 0 Å². The van der Waals surface area contributed by atoms with Crippen molar-refractivity contribution in [3.05, 3.63) is 113 Å². The predicted molar refractivity (Wildman–Crippen MR) is 120 cm³/mol. The number of benzene rings is 3. The van der Waals surface area contributed by atoms with Crippen molar-refractivity contribution in [1.29, 1.82) is 0 Å². The maximum atomic E-state index is 13.4. The zero-order chi connectivity index (χ0) is 21.0. The molecule has 0 radical (unpaired) electrons. The molecule has 1 fully saturated rings. The van der Waals surface area contributed by atoms with Crippen LogP contribution < -0.4 is 0 Å². The van der Waals surface area contributed by atoms with E-state index in [2.05, 4.69) is 61.5 Å². The van der Waals surface area contributed by atoms with Crippen LogP contribution in [0.2, 0.25) is 0 Å². The van der Waals surface area contributed by atoms with E-state index in [0.29, 0.717) is 11.4 Å². The van der Waals surface area contributed by atoms with Gasteiger partial charge in [0, 0.05) is 23.6 Å². The van der Waals surface area contributed by atoms with Crippen molar-refractivity contribution in [3.63, 3.8) is 0 Å². The standard InChI is InChI=1S/C26H25NO2S/c1-20-8-12-23(13-9-20)26-18-25(26,22-6-4-3-5-7-22)16-17-27(19-26)30(28,29)24-14-10-21(2)11-15-24/h3-17H,18-19H2,1-2H3. The Morgan fingerprint density at radius 1 is 0.767 bits per heavy atom. The number of nitrogens with zero attached hydrogens (tertiary/aromatic N) is 1. The van der Waals surface area contributed by atoms with Crippen molar-refractivity contribution in [2.24, 2.45) is 0 Å². The Balaban J connectivity index is 1.61. The lowest BCUT2D eigenvalue weighted by Crippen LogP contribution is -2.40. The average Bonchev–Trinajstić information content (AvgIpc) is 3.46. The first-order valence-electron chi connectivity index (χ1n) is 10.3. The number of rotatable bonds is 4. The van der Waals surface area contributed by atoms with Crippen LogP contribution in [0.15, 0.2) is 96.0 Å². The van der Waals surface area contributed by atoms with E-state index < -0.39 is 10.0 Å². The minimum atomic E-state index is -3.60. The van der Waals surface area contributed by atoms with Gasteiger partial charge in [-0.2, -0.15) is 0 Å². The Morgan fingerprint density at radius 2 is 1.37 bits per heavy atom. The summed E-state index contributed by atoms with van der Waals surface area (Å²) in [5.41, 5.74) is 4.28. The maximum Gasteiger partial charge on any atom is 0.263 e. The first-order chi connectivity index (χ1) is 14.4. The molecule has 1 aliphatic carbocycles. The quantitative estimate of drug-likeness (QED) is 0.594. The van der Waals surface area contributed by atoms with Crippen molar-refractivity contribution in [2.75, 3.05) is 6.54 Å². The molecule has 2 aliphatic rings. The molecule has 5 rings (SSSR count). The van der Waals surface area contributed by atoms with Gasteiger partial charge in [-0.3, -0.25) is 4.31 Å². The van der Waals surface area contributed by atoms with Crippen LogP contribution in [0.25, 0.3) is 0 Å². The highest BCUT2D eigenvalue weighted by Gasteiger charge is 2.69. The van der Waals surface area contributed by atoms with Crippen molar-refractivity contribution in [2.45, 2.75) is 36.0 Å². The lowest BCUT2D eigenvalue weighted by atomic mass is 9.80. The summed E-state index contributed by atoms with van der Waals surface area (Å²) in [5.74, 6) is 0. The molecule has 2 atom stereocenters. The van der Waals surface area contributed by atoms with Gasteiger partial charge >= 0.3 is 0 Å². The van der Waals surface area contributed by atoms with Crippen molar-refractivity contribution < 1.29 is 8.42 Å². The second-order valence-corrected chi connectivity index (χ2v) is 10.5. The second kappa shape index (κ2) is 6.58. The Labute approximate surface area is 178 Å². The fourth-order valence-electron chi connectivity index (χ4n) is 4.92. The lowest BCUT2D eigenvalue weighted by molar-refractivity contribution is 0.415. The fraction of sp³-hybridized carbons (Fsp3) is 0.231. The van der Waals surface area contributed by atoms with Gasteiger partial charge in [0.15, 0.2) is 0 Å². The normalized spacial score (nSPS) is 25.1. The van der Waals surface area contributed by atoms with E-state index >= 15 is 0 Å². The molecule has 3 nitrogen and oxygen atoms in total. The van der Waals surface area contributed by atoms with Crippen LogP contribution in [0.3, 0.4) is 0 Å². The molecule has 1 aliphatic heterocycles. The van der Waals surface area contributed by atoms with Crippen LogP contribution in [-0.4, -0.2) is 19.3 Å². The largest absolute Gasteiger partial charge is 0.273 e. The van der Waals surface area contributed by atoms with Crippen molar-refractivity contribution in [1.82, 2.24) is 4.31 Å². The molecule has 4 heteroatoms. The SMILES string of the molecule is Cc1ccc(C23CN(S(=O)(=O)c4ccc(C)cc4)C=CC2(c2ccccc2)C3)cc1. The first kappa shape index (κ1) is 19.1. The lowest BCUT2D eigenvalue weighted by Gasteiger charge is -2.34. The number of aryl methyl sites for hydroxylation is 2. The zero-order valence-electron chi connectivity index (χ0n) is 17.2. The third kappa shape index (κ3) is 2.74. The highest BCUT2D eigenvalue weighted by molar-refractivity contribution is 7.89. The minimum absolute atomic E-state index is 0.164. The smallest absolute Gasteiger partial charge is 0.263 e. The Bertz CT molecular complexity index is 1210. The van der Waals surface area contributed by atoms with Crippen LogP contribution in [-0.2, 0) is 20.9 Å². The molecule has 3 aromatic carbocycles. The summed E-state index contributed by atoms with van der Waals surface area (Å²) < 4.78 is 28.3. The number of allylic oxidation sites excluding steroid dienone is 1. The summed E-state index contributed by atoms with van der Waals surface area (Å²) in [4.78, 5) is 0.338. The first-order valence-corrected chi connectivity index (χ1v) is 11.7. The topological polar surface area (TPSA) is 37.4 Å². The van der Waals surface area contributed by atoms with Crippen LogP contribution in [0.1, 0.15) is 28.7 Å². The van der Waals surface area contributed by atoms with Gasteiger partial charge in [-0.1, -0.05) is 83.9 Å². The molecule has 1 heterocycles. The molecular weight excluding hydrogens is 390 g/mol. The molecule has 0 bridgehead atoms. The second-order valence-electron chi connectivity index (χ2n) is 8.64. The van der Waals surface area contributed by atoms with E-state index in [1.807, 2.05) is 25.1 Å². The van der Waals surface area contributed by atoms with Crippen LogP contribution in [0.4, 0.5) is 0 Å². The van der Waals surface area contributed by atoms with E-state index in [0.717, 1.165) is 12.0 Å². The minimum Gasteiger partial charge on any atom is -0.273 e. The van der Waals surface area contributed by atoms with Gasteiger partial charge in [-0.05, 0) is 43.5 Å². The van der Waals surface area contributed by atoms with E-state index in [4.69, 9.17) is 0 Å². The third-order valence-electron chi connectivity index (χ3n) is 6.78.